The minimum absolute atomic E-state index is 0.0283. The second kappa shape index (κ2) is 9.35. The van der Waals surface area contributed by atoms with Crippen molar-refractivity contribution < 1.29 is 13.5 Å². The molecule has 9 heteroatoms. The van der Waals surface area contributed by atoms with Gasteiger partial charge in [-0.1, -0.05) is 6.07 Å². The minimum atomic E-state index is -0.530. The van der Waals surface area contributed by atoms with E-state index < -0.39 is 11.6 Å². The van der Waals surface area contributed by atoms with Crippen LogP contribution in [-0.2, 0) is 30.7 Å². The lowest BCUT2D eigenvalue weighted by Crippen LogP contribution is -2.39. The molecule has 2 aromatic heterocycles. The van der Waals surface area contributed by atoms with Gasteiger partial charge in [-0.3, -0.25) is 14.3 Å². The van der Waals surface area contributed by atoms with E-state index >= 15 is 0 Å². The van der Waals surface area contributed by atoms with Crippen LogP contribution in [0.25, 0.3) is 10.2 Å². The maximum atomic E-state index is 13.9. The van der Waals surface area contributed by atoms with E-state index in [9.17, 15) is 13.6 Å². The molecule has 1 aromatic carbocycles. The average Bonchev–Trinajstić information content (AvgIpc) is 3.17. The standard InChI is InChI=1S/C23H26F2N4O2S/c24-18-2-1-3-19(25)17(18)13-26-15-4-5-16-20(12-15)32-22-21(16)23(30)29(14-27-22)7-6-28-8-10-31-11-9-28/h1-3,14-15,26H,4-13H2/t15-/m1/s1. The molecule has 5 rings (SSSR count). The van der Waals surface area contributed by atoms with Crippen molar-refractivity contribution in [2.75, 3.05) is 32.8 Å². The summed E-state index contributed by atoms with van der Waals surface area (Å²) in [6.45, 7) is 4.83. The Morgan fingerprint density at radius 2 is 1.97 bits per heavy atom. The molecule has 0 saturated carbocycles. The second-order valence-electron chi connectivity index (χ2n) is 8.40. The molecule has 0 spiro atoms. The zero-order valence-corrected chi connectivity index (χ0v) is 18.6. The van der Waals surface area contributed by atoms with Gasteiger partial charge in [0, 0.05) is 49.2 Å². The van der Waals surface area contributed by atoms with Gasteiger partial charge >= 0.3 is 0 Å². The summed E-state index contributed by atoms with van der Waals surface area (Å²) < 4.78 is 34.9. The number of nitrogens with one attached hydrogen (secondary N) is 1. The molecule has 170 valence electrons. The van der Waals surface area contributed by atoms with Crippen molar-refractivity contribution in [3.8, 4) is 0 Å². The summed E-state index contributed by atoms with van der Waals surface area (Å²) in [5, 5.41) is 4.04. The molecule has 2 aliphatic rings. The van der Waals surface area contributed by atoms with Gasteiger partial charge in [-0.05, 0) is 37.0 Å². The number of hydrogen-bond donors (Lipinski definition) is 1. The number of morpholine rings is 1. The van der Waals surface area contributed by atoms with Crippen LogP contribution >= 0.6 is 11.3 Å². The number of halogens is 2. The van der Waals surface area contributed by atoms with Gasteiger partial charge in [0.15, 0.2) is 0 Å². The number of ether oxygens (including phenoxy) is 1. The van der Waals surface area contributed by atoms with Crippen LogP contribution in [0, 0.1) is 11.6 Å². The smallest absolute Gasteiger partial charge is 0.262 e. The average molecular weight is 461 g/mol. The molecule has 3 aromatic rings. The molecule has 1 atom stereocenters. The molecule has 1 aliphatic carbocycles. The highest BCUT2D eigenvalue weighted by Gasteiger charge is 2.25. The fourth-order valence-corrected chi connectivity index (χ4v) is 5.81. The molecule has 6 nitrogen and oxygen atoms in total. The lowest BCUT2D eigenvalue weighted by Gasteiger charge is -2.26. The van der Waals surface area contributed by atoms with Crippen LogP contribution < -0.4 is 10.9 Å². The lowest BCUT2D eigenvalue weighted by molar-refractivity contribution is 0.0362. The summed E-state index contributed by atoms with van der Waals surface area (Å²) >= 11 is 1.56. The molecule has 0 radical (unpaired) electrons. The van der Waals surface area contributed by atoms with Crippen LogP contribution in [0.4, 0.5) is 8.78 Å². The molecule has 1 saturated heterocycles. The molecule has 32 heavy (non-hydrogen) atoms. The molecule has 0 amide bonds. The molecule has 1 aliphatic heterocycles. The molecular formula is C23H26F2N4O2S. The first-order chi connectivity index (χ1) is 15.6. The highest BCUT2D eigenvalue weighted by Crippen LogP contribution is 2.33. The van der Waals surface area contributed by atoms with Crippen molar-refractivity contribution in [3.05, 3.63) is 62.5 Å². The van der Waals surface area contributed by atoms with Gasteiger partial charge in [-0.2, -0.15) is 0 Å². The Balaban J connectivity index is 1.29. The fourth-order valence-electron chi connectivity index (χ4n) is 4.56. The predicted molar refractivity (Wildman–Crippen MR) is 120 cm³/mol. The summed E-state index contributed by atoms with van der Waals surface area (Å²) in [5.74, 6) is -1.06. The number of rotatable bonds is 6. The van der Waals surface area contributed by atoms with Gasteiger partial charge in [0.05, 0.1) is 24.9 Å². The monoisotopic (exact) mass is 460 g/mol. The van der Waals surface area contributed by atoms with Gasteiger partial charge in [0.25, 0.3) is 5.56 Å². The Kier molecular flexibility index (Phi) is 6.32. The van der Waals surface area contributed by atoms with Crippen molar-refractivity contribution in [2.24, 2.45) is 0 Å². The topological polar surface area (TPSA) is 59.4 Å². The Morgan fingerprint density at radius 3 is 2.75 bits per heavy atom. The van der Waals surface area contributed by atoms with Crippen molar-refractivity contribution in [2.45, 2.75) is 38.4 Å². The molecule has 0 bridgehead atoms. The summed E-state index contributed by atoms with van der Waals surface area (Å²) in [7, 11) is 0. The number of fused-ring (bicyclic) bond motifs is 3. The van der Waals surface area contributed by atoms with Crippen molar-refractivity contribution in [1.29, 1.82) is 0 Å². The van der Waals surface area contributed by atoms with E-state index in [2.05, 4.69) is 15.2 Å². The van der Waals surface area contributed by atoms with Gasteiger partial charge < -0.3 is 10.1 Å². The first kappa shape index (κ1) is 21.6. The third kappa shape index (κ3) is 4.34. The molecule has 1 N–H and O–H groups in total. The Bertz CT molecular complexity index is 1150. The zero-order chi connectivity index (χ0) is 22.1. The maximum absolute atomic E-state index is 13.9. The van der Waals surface area contributed by atoms with Crippen molar-refractivity contribution in [1.82, 2.24) is 19.8 Å². The van der Waals surface area contributed by atoms with E-state index in [0.29, 0.717) is 6.54 Å². The van der Waals surface area contributed by atoms with Gasteiger partial charge in [0.2, 0.25) is 0 Å². The van der Waals surface area contributed by atoms with Gasteiger partial charge in [-0.15, -0.1) is 11.3 Å². The molecule has 0 unspecified atom stereocenters. The quantitative estimate of drug-likeness (QED) is 0.613. The van der Waals surface area contributed by atoms with Crippen LogP contribution in [-0.4, -0.2) is 53.3 Å². The summed E-state index contributed by atoms with van der Waals surface area (Å²) in [5.41, 5.74) is 1.19. The van der Waals surface area contributed by atoms with E-state index in [4.69, 9.17) is 4.74 Å². The largest absolute Gasteiger partial charge is 0.379 e. The third-order valence-electron chi connectivity index (χ3n) is 6.43. The van der Waals surface area contributed by atoms with Crippen molar-refractivity contribution >= 4 is 21.6 Å². The highest BCUT2D eigenvalue weighted by molar-refractivity contribution is 7.18. The van der Waals surface area contributed by atoms with E-state index in [0.717, 1.165) is 72.8 Å². The number of nitrogens with zero attached hydrogens (tertiary/aromatic N) is 3. The SMILES string of the molecule is O=c1c2c3c(sc2ncn1CCN1CCOCC1)C[C@H](NCc1c(F)cccc1F)CC3. The van der Waals surface area contributed by atoms with Crippen LogP contribution in [0.2, 0.25) is 0 Å². The summed E-state index contributed by atoms with van der Waals surface area (Å²) in [6.07, 6.45) is 3.97. The molecule has 3 heterocycles. The van der Waals surface area contributed by atoms with Crippen LogP contribution in [0.3, 0.4) is 0 Å². The number of aryl methyl sites for hydroxylation is 1. The number of benzene rings is 1. The van der Waals surface area contributed by atoms with E-state index in [1.807, 2.05) is 0 Å². The zero-order valence-electron chi connectivity index (χ0n) is 17.8. The highest BCUT2D eigenvalue weighted by atomic mass is 32.1. The van der Waals surface area contributed by atoms with E-state index in [1.54, 1.807) is 22.2 Å². The van der Waals surface area contributed by atoms with Crippen LogP contribution in [0.15, 0.2) is 29.3 Å². The summed E-state index contributed by atoms with van der Waals surface area (Å²) in [6, 6.07) is 4.04. The second-order valence-corrected chi connectivity index (χ2v) is 9.49. The molecule has 1 fully saturated rings. The Hall–Kier alpha value is -2.20. The van der Waals surface area contributed by atoms with E-state index in [1.165, 1.54) is 18.2 Å². The predicted octanol–water partition coefficient (Wildman–Crippen LogP) is 2.72. The lowest BCUT2D eigenvalue weighted by atomic mass is 9.93. The van der Waals surface area contributed by atoms with Gasteiger partial charge in [0.1, 0.15) is 16.5 Å². The Labute approximate surface area is 188 Å². The van der Waals surface area contributed by atoms with E-state index in [-0.39, 0.29) is 23.7 Å². The van der Waals surface area contributed by atoms with Crippen LogP contribution in [0.5, 0.6) is 0 Å². The number of aromatic nitrogens is 2. The number of thiophene rings is 1. The Morgan fingerprint density at radius 1 is 1.19 bits per heavy atom. The third-order valence-corrected chi connectivity index (χ3v) is 7.59. The minimum Gasteiger partial charge on any atom is -0.379 e. The maximum Gasteiger partial charge on any atom is 0.262 e. The van der Waals surface area contributed by atoms with Crippen LogP contribution in [0.1, 0.15) is 22.4 Å². The normalized spacial score (nSPS) is 19.4. The fraction of sp³-hybridized carbons (Fsp3) is 0.478. The van der Waals surface area contributed by atoms with Crippen molar-refractivity contribution in [3.63, 3.8) is 0 Å². The molecular weight excluding hydrogens is 434 g/mol. The first-order valence-corrected chi connectivity index (χ1v) is 11.9. The first-order valence-electron chi connectivity index (χ1n) is 11.1. The van der Waals surface area contributed by atoms with Gasteiger partial charge in [-0.25, -0.2) is 13.8 Å². The summed E-state index contributed by atoms with van der Waals surface area (Å²) in [4.78, 5) is 22.0. The number of hydrogen-bond acceptors (Lipinski definition) is 6.